The van der Waals surface area contributed by atoms with Gasteiger partial charge in [0.05, 0.1) is 30.2 Å². The maximum Gasteiger partial charge on any atom is 0.437 e. The van der Waals surface area contributed by atoms with E-state index in [0.29, 0.717) is 17.5 Å². The number of nitriles is 1. The van der Waals surface area contributed by atoms with Crippen LogP contribution in [0, 0.1) is 29.9 Å². The van der Waals surface area contributed by atoms with E-state index in [9.17, 15) is 31.5 Å². The molecule has 0 fully saturated rings. The fraction of sp³-hybridized carbons (Fsp3) is 0.160. The number of nitrogens with one attached hydrogen (secondary N) is 1. The quantitative estimate of drug-likeness (QED) is 0.196. The van der Waals surface area contributed by atoms with E-state index in [2.05, 4.69) is 15.5 Å². The highest BCUT2D eigenvalue weighted by atomic mass is 19.4. The fourth-order valence-electron chi connectivity index (χ4n) is 3.31. The van der Waals surface area contributed by atoms with Crippen molar-refractivity contribution in [3.8, 4) is 17.6 Å². The zero-order valence-corrected chi connectivity index (χ0v) is 19.8. The standard InChI is InChI=1S/C25H18F5N5O3/c1-14(16-3-5-18(26)6-4-16)7-20(34-33-13-36)11-35-12-32-23(25(28,29)30)22(24(35)37)38-21-9-19(27)8-17(10-31)15(21)2/h3-9,12-13H,11H2,1-2H3,(H,33,36)/b14-7+,34-20+. The first-order valence-corrected chi connectivity index (χ1v) is 10.7. The summed E-state index contributed by atoms with van der Waals surface area (Å²) in [5, 5.41) is 13.0. The molecule has 0 radical (unpaired) electrons. The Morgan fingerprint density at radius 2 is 1.89 bits per heavy atom. The van der Waals surface area contributed by atoms with Gasteiger partial charge in [-0.2, -0.15) is 23.5 Å². The third-order valence-corrected chi connectivity index (χ3v) is 5.20. The Hall–Kier alpha value is -4.86. The van der Waals surface area contributed by atoms with Gasteiger partial charge in [-0.1, -0.05) is 12.1 Å². The van der Waals surface area contributed by atoms with Crippen LogP contribution in [0.15, 0.2) is 58.7 Å². The van der Waals surface area contributed by atoms with Crippen molar-refractivity contribution in [3.63, 3.8) is 0 Å². The summed E-state index contributed by atoms with van der Waals surface area (Å²) in [7, 11) is 0. The molecule has 0 aliphatic heterocycles. The van der Waals surface area contributed by atoms with Gasteiger partial charge < -0.3 is 4.74 Å². The molecule has 0 saturated heterocycles. The molecule has 1 aromatic heterocycles. The largest absolute Gasteiger partial charge is 0.449 e. The number of hydrogen-bond acceptors (Lipinski definition) is 6. The number of aromatic nitrogens is 2. The third-order valence-electron chi connectivity index (χ3n) is 5.20. The molecule has 3 aromatic rings. The van der Waals surface area contributed by atoms with Gasteiger partial charge in [0.1, 0.15) is 17.4 Å². The molecule has 196 valence electrons. The molecule has 0 atom stereocenters. The molecule has 0 spiro atoms. The minimum absolute atomic E-state index is 0.00659. The number of amides is 1. The molecule has 1 N–H and O–H groups in total. The lowest BCUT2D eigenvalue weighted by molar-refractivity contribution is -0.142. The maximum absolute atomic E-state index is 14.0. The Morgan fingerprint density at radius 1 is 1.21 bits per heavy atom. The van der Waals surface area contributed by atoms with Crippen LogP contribution in [0.5, 0.6) is 11.5 Å². The summed E-state index contributed by atoms with van der Waals surface area (Å²) in [6.45, 7) is 2.48. The Bertz CT molecular complexity index is 1520. The van der Waals surface area contributed by atoms with Crippen molar-refractivity contribution in [1.29, 1.82) is 5.26 Å². The summed E-state index contributed by atoms with van der Waals surface area (Å²) in [4.78, 5) is 27.2. The van der Waals surface area contributed by atoms with Gasteiger partial charge in [0.15, 0.2) is 5.69 Å². The van der Waals surface area contributed by atoms with Crippen LogP contribution in [-0.4, -0.2) is 21.7 Å². The normalized spacial score (nSPS) is 12.2. The number of alkyl halides is 3. The molecule has 1 heterocycles. The van der Waals surface area contributed by atoms with Crippen LogP contribution < -0.4 is 15.7 Å². The summed E-state index contributed by atoms with van der Waals surface area (Å²) in [6, 6.07) is 8.68. The second-order valence-corrected chi connectivity index (χ2v) is 7.83. The number of ether oxygens (including phenoxy) is 1. The monoisotopic (exact) mass is 531 g/mol. The minimum atomic E-state index is -5.11. The van der Waals surface area contributed by atoms with E-state index in [0.717, 1.165) is 16.7 Å². The predicted molar refractivity (Wildman–Crippen MR) is 126 cm³/mol. The highest BCUT2D eigenvalue weighted by Crippen LogP contribution is 2.36. The summed E-state index contributed by atoms with van der Waals surface area (Å²) >= 11 is 0. The molecule has 38 heavy (non-hydrogen) atoms. The first-order chi connectivity index (χ1) is 17.9. The number of nitrogens with zero attached hydrogens (tertiary/aromatic N) is 4. The van der Waals surface area contributed by atoms with Crippen molar-refractivity contribution in [2.24, 2.45) is 5.10 Å². The summed E-state index contributed by atoms with van der Waals surface area (Å²) in [6.07, 6.45) is -2.83. The van der Waals surface area contributed by atoms with Crippen molar-refractivity contribution in [3.05, 3.63) is 93.2 Å². The zero-order valence-electron chi connectivity index (χ0n) is 19.8. The Labute approximate surface area is 212 Å². The second kappa shape index (κ2) is 11.5. The van der Waals surface area contributed by atoms with Crippen molar-refractivity contribution in [2.45, 2.75) is 26.6 Å². The van der Waals surface area contributed by atoms with Gasteiger partial charge in [0, 0.05) is 11.6 Å². The van der Waals surface area contributed by atoms with E-state index in [4.69, 9.17) is 10.00 Å². The van der Waals surface area contributed by atoms with Crippen molar-refractivity contribution in [2.75, 3.05) is 0 Å². The number of hydrazone groups is 1. The van der Waals surface area contributed by atoms with Crippen LogP contribution in [0.4, 0.5) is 22.0 Å². The van der Waals surface area contributed by atoms with Crippen molar-refractivity contribution >= 4 is 17.7 Å². The lowest BCUT2D eigenvalue weighted by atomic mass is 10.1. The van der Waals surface area contributed by atoms with Crippen molar-refractivity contribution < 1.29 is 31.5 Å². The predicted octanol–water partition coefficient (Wildman–Crippen LogP) is 4.72. The number of carbonyl (C=O) groups is 1. The summed E-state index contributed by atoms with van der Waals surface area (Å²) in [5.41, 5.74) is 0.0213. The van der Waals surface area contributed by atoms with Crippen LogP contribution in [0.3, 0.4) is 0 Å². The molecule has 0 bridgehead atoms. The maximum atomic E-state index is 14.0. The topological polar surface area (TPSA) is 109 Å². The van der Waals surface area contributed by atoms with Crippen molar-refractivity contribution in [1.82, 2.24) is 15.0 Å². The lowest BCUT2D eigenvalue weighted by Crippen LogP contribution is -2.29. The molecule has 0 aliphatic carbocycles. The van der Waals surface area contributed by atoms with E-state index in [-0.39, 0.29) is 23.2 Å². The molecule has 1 amide bonds. The van der Waals surface area contributed by atoms with E-state index >= 15 is 0 Å². The molecule has 0 saturated carbocycles. The van der Waals surface area contributed by atoms with E-state index in [1.165, 1.54) is 37.3 Å². The Morgan fingerprint density at radius 3 is 2.50 bits per heavy atom. The first kappa shape index (κ1) is 27.7. The SMILES string of the molecule is C/C(=C\C(Cn1cnc(C(F)(F)F)c(Oc2cc(F)cc(C#N)c2C)c1=O)=N/NC=O)c1ccc(F)cc1. The Kier molecular flexibility index (Phi) is 8.36. The number of carbonyl (C=O) groups excluding carboxylic acids is 1. The summed E-state index contributed by atoms with van der Waals surface area (Å²) in [5.74, 6) is -3.16. The number of benzene rings is 2. The van der Waals surface area contributed by atoms with Gasteiger partial charge in [-0.3, -0.25) is 14.2 Å². The van der Waals surface area contributed by atoms with Crippen LogP contribution in [0.25, 0.3) is 5.57 Å². The van der Waals surface area contributed by atoms with Gasteiger partial charge in [0.2, 0.25) is 12.2 Å². The van der Waals surface area contributed by atoms with Gasteiger partial charge in [-0.05, 0) is 49.3 Å². The Balaban J connectivity index is 2.10. The average molecular weight is 531 g/mol. The van der Waals surface area contributed by atoms with E-state index in [1.807, 2.05) is 0 Å². The number of hydrogen-bond donors (Lipinski definition) is 1. The molecule has 3 rings (SSSR count). The number of rotatable bonds is 8. The van der Waals surface area contributed by atoms with E-state index < -0.39 is 47.1 Å². The summed E-state index contributed by atoms with van der Waals surface area (Å²) < 4.78 is 74.2. The molecule has 13 heteroatoms. The molecular weight excluding hydrogens is 513 g/mol. The fourth-order valence-corrected chi connectivity index (χ4v) is 3.31. The second-order valence-electron chi connectivity index (χ2n) is 7.83. The zero-order chi connectivity index (χ0) is 28.0. The average Bonchev–Trinajstić information content (AvgIpc) is 2.86. The van der Waals surface area contributed by atoms with Gasteiger partial charge >= 0.3 is 6.18 Å². The van der Waals surface area contributed by atoms with Crippen LogP contribution >= 0.6 is 0 Å². The molecule has 8 nitrogen and oxygen atoms in total. The van der Waals surface area contributed by atoms with Gasteiger partial charge in [0.25, 0.3) is 5.56 Å². The van der Waals surface area contributed by atoms with Gasteiger partial charge in [-0.15, -0.1) is 0 Å². The molecule has 0 unspecified atom stereocenters. The lowest BCUT2D eigenvalue weighted by Gasteiger charge is -2.16. The number of allylic oxidation sites excluding steroid dienone is 2. The molecular formula is C25H18F5N5O3. The first-order valence-electron chi connectivity index (χ1n) is 10.7. The highest BCUT2D eigenvalue weighted by molar-refractivity contribution is 6.00. The van der Waals surface area contributed by atoms with Crippen LogP contribution in [0.1, 0.15) is 29.3 Å². The molecule has 2 aromatic carbocycles. The minimum Gasteiger partial charge on any atom is -0.449 e. The van der Waals surface area contributed by atoms with Crippen LogP contribution in [0.2, 0.25) is 0 Å². The van der Waals surface area contributed by atoms with Crippen LogP contribution in [-0.2, 0) is 17.5 Å². The third kappa shape index (κ3) is 6.47. The number of halogens is 5. The van der Waals surface area contributed by atoms with Gasteiger partial charge in [-0.25, -0.2) is 19.2 Å². The smallest absolute Gasteiger partial charge is 0.437 e. The highest BCUT2D eigenvalue weighted by Gasteiger charge is 2.39. The molecule has 0 aliphatic rings. The van der Waals surface area contributed by atoms with E-state index in [1.54, 1.807) is 13.0 Å².